The van der Waals surface area contributed by atoms with Crippen molar-refractivity contribution in [2.24, 2.45) is 5.92 Å². The minimum Gasteiger partial charge on any atom is -0.483 e. The van der Waals surface area contributed by atoms with Gasteiger partial charge in [0.15, 0.2) is 0 Å². The quantitative estimate of drug-likeness (QED) is 0.845. The fourth-order valence-electron chi connectivity index (χ4n) is 2.15. The maximum absolute atomic E-state index is 12.1. The van der Waals surface area contributed by atoms with Gasteiger partial charge in [0.1, 0.15) is 0 Å². The van der Waals surface area contributed by atoms with Crippen molar-refractivity contribution in [2.75, 3.05) is 0 Å². The lowest BCUT2D eigenvalue weighted by Gasteiger charge is -2.15. The van der Waals surface area contributed by atoms with E-state index in [-0.39, 0.29) is 18.4 Å². The molecule has 1 aromatic carbocycles. The molecule has 0 saturated carbocycles. The molecule has 1 atom stereocenters. The highest BCUT2D eigenvalue weighted by molar-refractivity contribution is 7.20. The molecular weight excluding hydrogens is 286 g/mol. The zero-order valence-corrected chi connectivity index (χ0v) is 13.3. The van der Waals surface area contributed by atoms with Gasteiger partial charge < -0.3 is 10.4 Å². The van der Waals surface area contributed by atoms with E-state index in [1.165, 1.54) is 4.70 Å². The summed E-state index contributed by atoms with van der Waals surface area (Å²) in [6.07, 6.45) is 1.01. The number of benzene rings is 1. The number of carbonyl (C=O) groups is 2. The minimum absolute atomic E-state index is 0.0457. The van der Waals surface area contributed by atoms with Crippen LogP contribution in [0.2, 0.25) is 0 Å². The third-order valence-corrected chi connectivity index (χ3v) is 3.97. The largest absolute Gasteiger partial charge is 0.483 e. The van der Waals surface area contributed by atoms with Crippen LogP contribution >= 0.6 is 11.3 Å². The number of carbonyl (C=O) groups excluding carboxylic acids is 1. The molecule has 0 aliphatic carbocycles. The van der Waals surface area contributed by atoms with Crippen molar-refractivity contribution in [3.63, 3.8) is 0 Å². The van der Waals surface area contributed by atoms with Gasteiger partial charge in [-0.15, -0.1) is 11.3 Å². The van der Waals surface area contributed by atoms with Crippen molar-refractivity contribution >= 4 is 33.8 Å². The molecule has 21 heavy (non-hydrogen) atoms. The predicted octanol–water partition coefficient (Wildman–Crippen LogP) is 3.77. The summed E-state index contributed by atoms with van der Waals surface area (Å²) in [6, 6.07) is 10.3. The summed E-state index contributed by atoms with van der Waals surface area (Å²) >= 11 is 1.55. The Labute approximate surface area is 128 Å². The minimum atomic E-state index is -0.250. The van der Waals surface area contributed by atoms with Crippen LogP contribution in [0, 0.1) is 5.92 Å². The second-order valence-electron chi connectivity index (χ2n) is 5.26. The first-order valence-corrected chi connectivity index (χ1v) is 7.66. The summed E-state index contributed by atoms with van der Waals surface area (Å²) in [5.74, 6) is 0.645. The Hall–Kier alpha value is -1.88. The van der Waals surface area contributed by atoms with Crippen LogP contribution in [0.3, 0.4) is 0 Å². The van der Waals surface area contributed by atoms with Crippen molar-refractivity contribution in [2.45, 2.75) is 33.2 Å². The Morgan fingerprint density at radius 3 is 2.52 bits per heavy atom. The predicted molar refractivity (Wildman–Crippen MR) is 86.9 cm³/mol. The highest BCUT2D eigenvalue weighted by Gasteiger charge is 2.13. The Balaban J connectivity index is 0.000000677. The van der Waals surface area contributed by atoms with E-state index in [9.17, 15) is 4.79 Å². The van der Waals surface area contributed by atoms with Gasteiger partial charge in [-0.2, -0.15) is 0 Å². The van der Waals surface area contributed by atoms with Gasteiger partial charge in [0, 0.05) is 10.7 Å². The summed E-state index contributed by atoms with van der Waals surface area (Å²) in [6.45, 7) is 6.15. The molecule has 0 fully saturated rings. The maximum Gasteiger partial charge on any atom is 0.290 e. The number of hydrogen-bond acceptors (Lipinski definition) is 3. The second kappa shape index (κ2) is 8.42. The van der Waals surface area contributed by atoms with Crippen LogP contribution in [-0.4, -0.2) is 23.5 Å². The maximum atomic E-state index is 12.1. The third kappa shape index (κ3) is 5.55. The summed E-state index contributed by atoms with van der Waals surface area (Å²) < 4.78 is 1.17. The monoisotopic (exact) mass is 307 g/mol. The van der Waals surface area contributed by atoms with Crippen LogP contribution in [0.5, 0.6) is 0 Å². The molecule has 5 heteroatoms. The summed E-state index contributed by atoms with van der Waals surface area (Å²) in [5, 5.41) is 11.1. The fourth-order valence-corrected chi connectivity index (χ4v) is 3.12. The van der Waals surface area contributed by atoms with Crippen molar-refractivity contribution in [3.05, 3.63) is 35.2 Å². The van der Waals surface area contributed by atoms with Crippen molar-refractivity contribution in [3.8, 4) is 0 Å². The molecule has 2 aromatic rings. The van der Waals surface area contributed by atoms with E-state index in [0.29, 0.717) is 5.92 Å². The molecular formula is C16H21NO3S. The normalized spacial score (nSPS) is 11.6. The van der Waals surface area contributed by atoms with Crippen molar-refractivity contribution < 1.29 is 14.7 Å². The molecule has 114 valence electrons. The molecule has 2 N–H and O–H groups in total. The van der Waals surface area contributed by atoms with E-state index in [1.807, 2.05) is 30.3 Å². The van der Waals surface area contributed by atoms with E-state index in [1.54, 1.807) is 11.3 Å². The molecule has 1 amide bonds. The third-order valence-electron chi connectivity index (χ3n) is 2.85. The van der Waals surface area contributed by atoms with E-state index >= 15 is 0 Å². The Bertz CT molecular complexity index is 559. The van der Waals surface area contributed by atoms with E-state index in [2.05, 4.69) is 26.1 Å². The Morgan fingerprint density at radius 1 is 1.33 bits per heavy atom. The zero-order chi connectivity index (χ0) is 15.8. The molecule has 0 aliphatic heterocycles. The first kappa shape index (κ1) is 17.2. The number of fused-ring (bicyclic) bond motifs is 1. The molecule has 2 rings (SSSR count). The molecule has 0 aliphatic rings. The Kier molecular flexibility index (Phi) is 6.88. The van der Waals surface area contributed by atoms with Gasteiger partial charge >= 0.3 is 0 Å². The molecule has 1 aromatic heterocycles. The van der Waals surface area contributed by atoms with Crippen LogP contribution in [0.1, 0.15) is 36.9 Å². The van der Waals surface area contributed by atoms with Crippen LogP contribution in [0.15, 0.2) is 30.3 Å². The SMILES string of the molecule is CC(C)CC(C)NC(=O)c1cc2ccccc2s1.O=CO. The summed E-state index contributed by atoms with van der Waals surface area (Å²) in [5.41, 5.74) is 0. The summed E-state index contributed by atoms with van der Waals surface area (Å²) in [4.78, 5) is 21.3. The lowest BCUT2D eigenvalue weighted by Crippen LogP contribution is -2.32. The second-order valence-corrected chi connectivity index (χ2v) is 6.34. The van der Waals surface area contributed by atoms with Gasteiger partial charge in [0.2, 0.25) is 0 Å². The summed E-state index contributed by atoms with van der Waals surface area (Å²) in [7, 11) is 0. The first-order chi connectivity index (χ1) is 9.97. The molecule has 0 spiro atoms. The van der Waals surface area contributed by atoms with Gasteiger partial charge in [0.05, 0.1) is 4.88 Å². The first-order valence-electron chi connectivity index (χ1n) is 6.85. The van der Waals surface area contributed by atoms with Crippen LogP contribution in [-0.2, 0) is 4.79 Å². The van der Waals surface area contributed by atoms with Crippen LogP contribution in [0.25, 0.3) is 10.1 Å². The number of rotatable bonds is 4. The number of hydrogen-bond donors (Lipinski definition) is 2. The molecule has 1 unspecified atom stereocenters. The molecule has 1 heterocycles. The lowest BCUT2D eigenvalue weighted by molar-refractivity contribution is -0.122. The number of amides is 1. The van der Waals surface area contributed by atoms with E-state index in [0.717, 1.165) is 16.7 Å². The van der Waals surface area contributed by atoms with Gasteiger partial charge in [0.25, 0.3) is 12.4 Å². The van der Waals surface area contributed by atoms with E-state index in [4.69, 9.17) is 9.90 Å². The van der Waals surface area contributed by atoms with E-state index < -0.39 is 0 Å². The lowest BCUT2D eigenvalue weighted by atomic mass is 10.1. The van der Waals surface area contributed by atoms with Crippen molar-refractivity contribution in [1.29, 1.82) is 0 Å². The molecule has 4 nitrogen and oxygen atoms in total. The van der Waals surface area contributed by atoms with Gasteiger partial charge in [-0.05, 0) is 36.8 Å². The molecule has 0 saturated heterocycles. The molecule has 0 bridgehead atoms. The highest BCUT2D eigenvalue weighted by Crippen LogP contribution is 2.25. The van der Waals surface area contributed by atoms with Gasteiger partial charge in [-0.3, -0.25) is 9.59 Å². The average Bonchev–Trinajstić information content (AvgIpc) is 2.82. The number of carboxylic acid groups (broad SMARTS) is 1. The zero-order valence-electron chi connectivity index (χ0n) is 12.5. The topological polar surface area (TPSA) is 66.4 Å². The smallest absolute Gasteiger partial charge is 0.290 e. The van der Waals surface area contributed by atoms with Gasteiger partial charge in [-0.1, -0.05) is 32.0 Å². The number of nitrogens with one attached hydrogen (secondary N) is 1. The van der Waals surface area contributed by atoms with Crippen molar-refractivity contribution in [1.82, 2.24) is 5.32 Å². The fraction of sp³-hybridized carbons (Fsp3) is 0.375. The molecule has 0 radical (unpaired) electrons. The standard InChI is InChI=1S/C15H19NOS.CH2O2/c1-10(2)8-11(3)16-15(17)14-9-12-6-4-5-7-13(12)18-14;2-1-3/h4-7,9-11H,8H2,1-3H3,(H,16,17);1H,(H,2,3). The average molecular weight is 307 g/mol. The Morgan fingerprint density at radius 2 is 1.95 bits per heavy atom. The highest BCUT2D eigenvalue weighted by atomic mass is 32.1. The van der Waals surface area contributed by atoms with Crippen LogP contribution in [0.4, 0.5) is 0 Å². The van der Waals surface area contributed by atoms with Crippen LogP contribution < -0.4 is 5.32 Å². The number of thiophene rings is 1. The van der Waals surface area contributed by atoms with Gasteiger partial charge in [-0.25, -0.2) is 0 Å².